The maximum Gasteiger partial charge on any atom is 0.263 e. The summed E-state index contributed by atoms with van der Waals surface area (Å²) in [6.45, 7) is 1.96. The summed E-state index contributed by atoms with van der Waals surface area (Å²) < 4.78 is 14.2. The highest BCUT2D eigenvalue weighted by atomic mass is 32.1. The highest BCUT2D eigenvalue weighted by Gasteiger charge is 2.21. The van der Waals surface area contributed by atoms with Crippen molar-refractivity contribution in [1.82, 2.24) is 9.55 Å². The number of halogens is 1. The lowest BCUT2D eigenvalue weighted by atomic mass is 9.93. The number of nitrogens with zero attached hydrogens (tertiary/aromatic N) is 2. The first kappa shape index (κ1) is 20.9. The van der Waals surface area contributed by atoms with Crippen molar-refractivity contribution in [3.05, 3.63) is 74.9 Å². The third kappa shape index (κ3) is 4.88. The number of anilines is 2. The Kier molecular flexibility index (Phi) is 5.94. The van der Waals surface area contributed by atoms with Gasteiger partial charge in [0.05, 0.1) is 5.69 Å². The minimum absolute atomic E-state index is 0.113. The van der Waals surface area contributed by atoms with E-state index < -0.39 is 23.2 Å². The quantitative estimate of drug-likeness (QED) is 0.636. The summed E-state index contributed by atoms with van der Waals surface area (Å²) in [5, 5.41) is 5.84. The molecule has 1 unspecified atom stereocenters. The highest BCUT2D eigenvalue weighted by Crippen LogP contribution is 2.32. The molecule has 0 spiro atoms. The van der Waals surface area contributed by atoms with E-state index in [1.165, 1.54) is 63.4 Å². The molecule has 0 aliphatic heterocycles. The van der Waals surface area contributed by atoms with E-state index >= 15 is 0 Å². The first-order valence-electron chi connectivity index (χ1n) is 9.94. The molecular formula is C22H21FN4O3S. The maximum atomic E-state index is 13.0. The van der Waals surface area contributed by atoms with Gasteiger partial charge in [-0.3, -0.25) is 14.4 Å². The van der Waals surface area contributed by atoms with E-state index in [2.05, 4.69) is 22.5 Å². The first-order chi connectivity index (χ1) is 14.9. The molecule has 9 heteroatoms. The van der Waals surface area contributed by atoms with Crippen LogP contribution in [0, 0.1) is 11.7 Å². The van der Waals surface area contributed by atoms with E-state index in [1.807, 2.05) is 0 Å². The third-order valence-electron chi connectivity index (χ3n) is 5.11. The Labute approximate surface area is 181 Å². The van der Waals surface area contributed by atoms with Crippen LogP contribution in [0.25, 0.3) is 0 Å². The lowest BCUT2D eigenvalue weighted by Gasteiger charge is -2.15. The molecule has 0 bridgehead atoms. The maximum absolute atomic E-state index is 13.0. The summed E-state index contributed by atoms with van der Waals surface area (Å²) in [7, 11) is 0. The van der Waals surface area contributed by atoms with Crippen LogP contribution in [0.15, 0.2) is 47.4 Å². The Morgan fingerprint density at radius 2 is 2.00 bits per heavy atom. The van der Waals surface area contributed by atoms with Crippen LogP contribution >= 0.6 is 11.3 Å². The van der Waals surface area contributed by atoms with E-state index in [0.29, 0.717) is 16.7 Å². The molecule has 160 valence electrons. The van der Waals surface area contributed by atoms with E-state index in [1.54, 1.807) is 0 Å². The molecule has 7 nitrogen and oxygen atoms in total. The lowest BCUT2D eigenvalue weighted by Crippen LogP contribution is -2.32. The number of fused-ring (bicyclic) bond motifs is 1. The van der Waals surface area contributed by atoms with Gasteiger partial charge in [-0.15, -0.1) is 11.3 Å². The normalized spacial score (nSPS) is 15.2. The predicted octanol–water partition coefficient (Wildman–Crippen LogP) is 3.46. The molecule has 1 aromatic carbocycles. The zero-order valence-corrected chi connectivity index (χ0v) is 17.7. The predicted molar refractivity (Wildman–Crippen MR) is 117 cm³/mol. The minimum Gasteiger partial charge on any atom is -0.322 e. The van der Waals surface area contributed by atoms with Gasteiger partial charge in [0, 0.05) is 16.8 Å². The standard InChI is InChI=1S/C22H21FN4O3S/c1-13-4-9-17-18(11-13)31-22(25-17)26-19(28)12-27-10-2-3-16(21(27)30)20(29)24-15-7-5-14(23)6-8-15/h2-3,5-8,10,13H,4,9,11-12H2,1H3,(H,24,29)(H,25,26,28). The van der Waals surface area contributed by atoms with Gasteiger partial charge in [-0.1, -0.05) is 6.92 Å². The number of rotatable bonds is 5. The number of hydrogen-bond donors (Lipinski definition) is 2. The molecule has 0 saturated heterocycles. The zero-order chi connectivity index (χ0) is 22.0. The molecule has 1 aliphatic carbocycles. The van der Waals surface area contributed by atoms with Crippen molar-refractivity contribution in [2.45, 2.75) is 32.7 Å². The molecule has 3 aromatic rings. The van der Waals surface area contributed by atoms with Gasteiger partial charge in [-0.25, -0.2) is 9.37 Å². The van der Waals surface area contributed by atoms with Crippen LogP contribution in [-0.2, 0) is 24.2 Å². The van der Waals surface area contributed by atoms with Gasteiger partial charge in [0.1, 0.15) is 17.9 Å². The van der Waals surface area contributed by atoms with Gasteiger partial charge >= 0.3 is 0 Å². The van der Waals surface area contributed by atoms with Gasteiger partial charge in [0.25, 0.3) is 11.5 Å². The largest absolute Gasteiger partial charge is 0.322 e. The number of hydrogen-bond acceptors (Lipinski definition) is 5. The number of amides is 2. The van der Waals surface area contributed by atoms with Crippen molar-refractivity contribution in [3.8, 4) is 0 Å². The molecule has 2 N–H and O–H groups in total. The second kappa shape index (κ2) is 8.81. The summed E-state index contributed by atoms with van der Waals surface area (Å²) in [6.07, 6.45) is 4.42. The van der Waals surface area contributed by atoms with E-state index in [4.69, 9.17) is 0 Å². The molecule has 31 heavy (non-hydrogen) atoms. The SMILES string of the molecule is CC1CCc2nc(NC(=O)Cn3cccc(C(=O)Nc4ccc(F)cc4)c3=O)sc2C1. The molecule has 0 radical (unpaired) electrons. The van der Waals surface area contributed by atoms with Crippen LogP contribution in [0.5, 0.6) is 0 Å². The van der Waals surface area contributed by atoms with Crippen molar-refractivity contribution in [2.24, 2.45) is 5.92 Å². The van der Waals surface area contributed by atoms with Crippen LogP contribution in [0.1, 0.15) is 34.3 Å². The average molecular weight is 441 g/mol. The Morgan fingerprint density at radius 1 is 1.23 bits per heavy atom. The van der Waals surface area contributed by atoms with E-state index in [-0.39, 0.29) is 12.1 Å². The zero-order valence-electron chi connectivity index (χ0n) is 16.9. The summed E-state index contributed by atoms with van der Waals surface area (Å²) in [4.78, 5) is 43.3. The summed E-state index contributed by atoms with van der Waals surface area (Å²) >= 11 is 1.47. The average Bonchev–Trinajstić information content (AvgIpc) is 3.12. The van der Waals surface area contributed by atoms with Gasteiger partial charge in [0.15, 0.2) is 5.13 Å². The van der Waals surface area contributed by atoms with Crippen molar-refractivity contribution in [3.63, 3.8) is 0 Å². The molecular weight excluding hydrogens is 419 g/mol. The van der Waals surface area contributed by atoms with Crippen molar-refractivity contribution in [1.29, 1.82) is 0 Å². The van der Waals surface area contributed by atoms with Crippen LogP contribution in [0.2, 0.25) is 0 Å². The van der Waals surface area contributed by atoms with Crippen molar-refractivity contribution in [2.75, 3.05) is 10.6 Å². The van der Waals surface area contributed by atoms with Crippen molar-refractivity contribution >= 4 is 34.0 Å². The number of nitrogens with one attached hydrogen (secondary N) is 2. The fourth-order valence-corrected chi connectivity index (χ4v) is 4.66. The Bertz CT molecular complexity index is 1190. The monoisotopic (exact) mass is 440 g/mol. The molecule has 0 fully saturated rings. The molecule has 4 rings (SSSR count). The molecule has 2 aromatic heterocycles. The topological polar surface area (TPSA) is 93.1 Å². The Hall–Kier alpha value is -3.33. The number of thiazole rings is 1. The van der Waals surface area contributed by atoms with Gasteiger partial charge in [-0.2, -0.15) is 0 Å². The number of aryl methyl sites for hydroxylation is 1. The van der Waals surface area contributed by atoms with Gasteiger partial charge in [0.2, 0.25) is 5.91 Å². The molecule has 2 amide bonds. The fraction of sp³-hybridized carbons (Fsp3) is 0.273. The number of benzene rings is 1. The van der Waals surface area contributed by atoms with Gasteiger partial charge < -0.3 is 15.2 Å². The fourth-order valence-electron chi connectivity index (χ4n) is 3.47. The Morgan fingerprint density at radius 3 is 2.77 bits per heavy atom. The molecule has 1 aliphatic rings. The van der Waals surface area contributed by atoms with E-state index in [9.17, 15) is 18.8 Å². The number of aromatic nitrogens is 2. The van der Waals surface area contributed by atoms with Gasteiger partial charge in [-0.05, 0) is 61.6 Å². The molecule has 1 atom stereocenters. The van der Waals surface area contributed by atoms with Crippen LogP contribution in [0.3, 0.4) is 0 Å². The smallest absolute Gasteiger partial charge is 0.263 e. The summed E-state index contributed by atoms with van der Waals surface area (Å²) in [6, 6.07) is 8.12. The van der Waals surface area contributed by atoms with Crippen LogP contribution in [-0.4, -0.2) is 21.4 Å². The second-order valence-corrected chi connectivity index (χ2v) is 8.68. The number of carbonyl (C=O) groups excluding carboxylic acids is 2. The number of pyridine rings is 1. The van der Waals surface area contributed by atoms with Crippen LogP contribution < -0.4 is 16.2 Å². The molecule has 0 saturated carbocycles. The highest BCUT2D eigenvalue weighted by molar-refractivity contribution is 7.15. The van der Waals surface area contributed by atoms with Crippen molar-refractivity contribution < 1.29 is 14.0 Å². The third-order valence-corrected chi connectivity index (χ3v) is 6.15. The summed E-state index contributed by atoms with van der Waals surface area (Å²) in [5.41, 5.74) is 0.693. The minimum atomic E-state index is -0.631. The molecule has 2 heterocycles. The number of carbonyl (C=O) groups is 2. The second-order valence-electron chi connectivity index (χ2n) is 7.60. The lowest BCUT2D eigenvalue weighted by molar-refractivity contribution is -0.116. The Balaban J connectivity index is 1.44. The van der Waals surface area contributed by atoms with Crippen LogP contribution in [0.4, 0.5) is 15.2 Å². The first-order valence-corrected chi connectivity index (χ1v) is 10.8. The summed E-state index contributed by atoms with van der Waals surface area (Å²) in [5.74, 6) is -0.842. The van der Waals surface area contributed by atoms with E-state index in [0.717, 1.165) is 25.0 Å².